The van der Waals surface area contributed by atoms with Gasteiger partial charge >= 0.3 is 5.97 Å². The Kier molecular flexibility index (Phi) is 4.40. The highest BCUT2D eigenvalue weighted by molar-refractivity contribution is 5.76. The van der Waals surface area contributed by atoms with Crippen LogP contribution in [-0.2, 0) is 15.5 Å². The van der Waals surface area contributed by atoms with Crippen molar-refractivity contribution in [2.45, 2.75) is 19.3 Å². The van der Waals surface area contributed by atoms with Gasteiger partial charge in [0.25, 0.3) is 5.92 Å². The molecule has 0 aliphatic heterocycles. The van der Waals surface area contributed by atoms with Gasteiger partial charge in [-0.25, -0.2) is 8.78 Å². The number of esters is 1. The second-order valence-electron chi connectivity index (χ2n) is 4.50. The van der Waals surface area contributed by atoms with Crippen LogP contribution >= 0.6 is 0 Å². The second kappa shape index (κ2) is 5.44. The van der Waals surface area contributed by atoms with Gasteiger partial charge in [0, 0.05) is 18.5 Å². The summed E-state index contributed by atoms with van der Waals surface area (Å²) in [6.07, 6.45) is -0.673. The number of alkyl halides is 2. The highest BCUT2D eigenvalue weighted by atomic mass is 19.3. The monoisotopic (exact) mass is 257 g/mol. The fourth-order valence-corrected chi connectivity index (χ4v) is 1.75. The molecule has 0 amide bonds. The van der Waals surface area contributed by atoms with Crippen LogP contribution in [0, 0.1) is 5.41 Å². The maximum absolute atomic E-state index is 14.1. The van der Waals surface area contributed by atoms with Crippen LogP contribution in [0.25, 0.3) is 0 Å². The number of carbonyl (C=O) groups excluding carboxylic acids is 1. The second-order valence-corrected chi connectivity index (χ2v) is 4.50. The first-order chi connectivity index (χ1) is 8.35. The van der Waals surface area contributed by atoms with Gasteiger partial charge in [0.2, 0.25) is 0 Å². The number of ether oxygens (including phenoxy) is 1. The van der Waals surface area contributed by atoms with Gasteiger partial charge in [0.15, 0.2) is 0 Å². The van der Waals surface area contributed by atoms with E-state index >= 15 is 0 Å². The number of hydrogen-bond acceptors (Lipinski definition) is 3. The van der Waals surface area contributed by atoms with Crippen molar-refractivity contribution in [3.63, 3.8) is 0 Å². The third-order valence-corrected chi connectivity index (χ3v) is 2.94. The molecule has 0 saturated heterocycles. The van der Waals surface area contributed by atoms with Crippen molar-refractivity contribution in [1.82, 2.24) is 0 Å². The van der Waals surface area contributed by atoms with Gasteiger partial charge in [0.05, 0.1) is 12.5 Å². The molecule has 2 N–H and O–H groups in total. The van der Waals surface area contributed by atoms with E-state index in [2.05, 4.69) is 4.74 Å². The van der Waals surface area contributed by atoms with E-state index < -0.39 is 23.7 Å². The molecular formula is C13H17F2NO2. The van der Waals surface area contributed by atoms with E-state index in [0.29, 0.717) is 0 Å². The van der Waals surface area contributed by atoms with Crippen molar-refractivity contribution < 1.29 is 18.3 Å². The fourth-order valence-electron chi connectivity index (χ4n) is 1.75. The van der Waals surface area contributed by atoms with E-state index in [1.54, 1.807) is 6.07 Å². The molecule has 1 atom stereocenters. The molecule has 0 aliphatic carbocycles. The highest BCUT2D eigenvalue weighted by Gasteiger charge is 2.45. The van der Waals surface area contributed by atoms with E-state index in [0.717, 1.165) is 7.11 Å². The molecule has 5 heteroatoms. The first kappa shape index (κ1) is 14.6. The minimum Gasteiger partial charge on any atom is -0.469 e. The Balaban J connectivity index is 2.97. The zero-order chi connectivity index (χ0) is 13.8. The zero-order valence-electron chi connectivity index (χ0n) is 10.5. The number of methoxy groups -OCH3 is 1. The molecule has 0 bridgehead atoms. The smallest absolute Gasteiger partial charge is 0.313 e. The molecule has 100 valence electrons. The summed E-state index contributed by atoms with van der Waals surface area (Å²) in [7, 11) is 1.16. The van der Waals surface area contributed by atoms with Crippen molar-refractivity contribution in [2.75, 3.05) is 13.7 Å². The van der Waals surface area contributed by atoms with Gasteiger partial charge < -0.3 is 10.5 Å². The van der Waals surface area contributed by atoms with Crippen molar-refractivity contribution in [2.24, 2.45) is 11.1 Å². The summed E-state index contributed by atoms with van der Waals surface area (Å²) in [6.45, 7) is 1.19. The molecule has 1 unspecified atom stereocenters. The Morgan fingerprint density at radius 1 is 1.33 bits per heavy atom. The van der Waals surface area contributed by atoms with Crippen molar-refractivity contribution in [3.05, 3.63) is 35.9 Å². The van der Waals surface area contributed by atoms with E-state index in [4.69, 9.17) is 5.73 Å². The maximum atomic E-state index is 14.1. The average Bonchev–Trinajstić information content (AvgIpc) is 2.38. The minimum atomic E-state index is -3.12. The Morgan fingerprint density at radius 3 is 2.33 bits per heavy atom. The quantitative estimate of drug-likeness (QED) is 0.823. The number of nitrogens with two attached hydrogens (primary N) is 1. The van der Waals surface area contributed by atoms with Crippen molar-refractivity contribution in [1.29, 1.82) is 0 Å². The largest absolute Gasteiger partial charge is 0.469 e. The van der Waals surface area contributed by atoms with Gasteiger partial charge in [-0.15, -0.1) is 0 Å². The van der Waals surface area contributed by atoms with Crippen molar-refractivity contribution >= 4 is 5.97 Å². The summed E-state index contributed by atoms with van der Waals surface area (Å²) in [5.41, 5.74) is 3.91. The topological polar surface area (TPSA) is 52.3 Å². The molecule has 0 aromatic heterocycles. The Hall–Kier alpha value is -1.49. The van der Waals surface area contributed by atoms with Gasteiger partial charge in [-0.05, 0) is 6.92 Å². The molecule has 1 aromatic rings. The van der Waals surface area contributed by atoms with Crippen molar-refractivity contribution in [3.8, 4) is 0 Å². The number of halogens is 2. The van der Waals surface area contributed by atoms with Gasteiger partial charge in [-0.3, -0.25) is 4.79 Å². The van der Waals surface area contributed by atoms with E-state index in [-0.39, 0.29) is 12.1 Å². The highest BCUT2D eigenvalue weighted by Crippen LogP contribution is 2.39. The van der Waals surface area contributed by atoms with Crippen LogP contribution in [0.4, 0.5) is 8.78 Å². The molecule has 0 radical (unpaired) electrons. The molecule has 1 rings (SSSR count). The van der Waals surface area contributed by atoms with Crippen LogP contribution in [0.3, 0.4) is 0 Å². The Bertz CT molecular complexity index is 409. The van der Waals surface area contributed by atoms with E-state index in [1.165, 1.54) is 31.2 Å². The van der Waals surface area contributed by atoms with Gasteiger partial charge in [-0.2, -0.15) is 0 Å². The van der Waals surface area contributed by atoms with Gasteiger partial charge in [0.1, 0.15) is 0 Å². The lowest BCUT2D eigenvalue weighted by Crippen LogP contribution is -2.41. The Labute approximate surface area is 105 Å². The van der Waals surface area contributed by atoms with Crippen LogP contribution in [0.15, 0.2) is 30.3 Å². The summed E-state index contributed by atoms with van der Waals surface area (Å²) < 4.78 is 32.7. The van der Waals surface area contributed by atoms with Crippen LogP contribution in [0.1, 0.15) is 18.9 Å². The molecule has 0 spiro atoms. The molecule has 1 aromatic carbocycles. The fraction of sp³-hybridized carbons (Fsp3) is 0.462. The molecular weight excluding hydrogens is 240 g/mol. The molecule has 0 fully saturated rings. The van der Waals surface area contributed by atoms with E-state index in [9.17, 15) is 13.6 Å². The summed E-state index contributed by atoms with van der Waals surface area (Å²) in [6, 6.07) is 7.37. The lowest BCUT2D eigenvalue weighted by molar-refractivity contribution is -0.157. The summed E-state index contributed by atoms with van der Waals surface area (Å²) in [4.78, 5) is 11.5. The molecule has 0 aliphatic rings. The summed E-state index contributed by atoms with van der Waals surface area (Å²) in [5.74, 6) is -3.84. The van der Waals surface area contributed by atoms with E-state index in [1.807, 2.05) is 0 Å². The minimum absolute atomic E-state index is 0.131. The number of benzene rings is 1. The predicted molar refractivity (Wildman–Crippen MR) is 64.1 cm³/mol. The van der Waals surface area contributed by atoms with Gasteiger partial charge in [-0.1, -0.05) is 30.3 Å². The lowest BCUT2D eigenvalue weighted by atomic mass is 9.82. The van der Waals surface area contributed by atoms with Crippen LogP contribution in [0.2, 0.25) is 0 Å². The third-order valence-electron chi connectivity index (χ3n) is 2.94. The predicted octanol–water partition coefficient (Wildman–Crippen LogP) is 2.31. The Morgan fingerprint density at radius 2 is 1.89 bits per heavy atom. The average molecular weight is 257 g/mol. The molecule has 0 saturated carbocycles. The zero-order valence-corrected chi connectivity index (χ0v) is 10.5. The van der Waals surface area contributed by atoms with Crippen LogP contribution in [-0.4, -0.2) is 19.6 Å². The third kappa shape index (κ3) is 3.04. The maximum Gasteiger partial charge on any atom is 0.313 e. The van der Waals surface area contributed by atoms with Crippen LogP contribution < -0.4 is 5.73 Å². The molecule has 3 nitrogen and oxygen atoms in total. The summed E-state index contributed by atoms with van der Waals surface area (Å²) in [5, 5.41) is 0. The first-order valence-electron chi connectivity index (χ1n) is 5.57. The van der Waals surface area contributed by atoms with Crippen LogP contribution in [0.5, 0.6) is 0 Å². The number of carbonyl (C=O) groups is 1. The number of rotatable bonds is 5. The summed E-state index contributed by atoms with van der Waals surface area (Å²) >= 11 is 0. The molecule has 18 heavy (non-hydrogen) atoms. The number of hydrogen-bond donors (Lipinski definition) is 1. The first-order valence-corrected chi connectivity index (χ1v) is 5.57. The standard InChI is InChI=1S/C13H17F2NO2/c1-12(9-16,11(17)18-2)8-13(14,15)10-6-4-3-5-7-10/h3-7H,8-9,16H2,1-2H3. The molecule has 0 heterocycles. The lowest BCUT2D eigenvalue weighted by Gasteiger charge is -2.29. The SMILES string of the molecule is COC(=O)C(C)(CN)CC(F)(F)c1ccccc1. The normalized spacial score (nSPS) is 14.9.